The number of nitro benzene ring substituents is 1. The molecule has 0 saturated heterocycles. The van der Waals surface area contributed by atoms with Gasteiger partial charge in [-0.25, -0.2) is 4.79 Å². The largest absolute Gasteiger partial charge is 0.459 e. The zero-order valence-corrected chi connectivity index (χ0v) is 13.6. The van der Waals surface area contributed by atoms with Crippen molar-refractivity contribution in [1.29, 1.82) is 0 Å². The lowest BCUT2D eigenvalue weighted by Gasteiger charge is -2.11. The third kappa shape index (κ3) is 5.03. The van der Waals surface area contributed by atoms with Crippen molar-refractivity contribution in [3.63, 3.8) is 0 Å². The number of hydrogen-bond donors (Lipinski definition) is 1. The van der Waals surface area contributed by atoms with Crippen LogP contribution < -0.4 is 5.32 Å². The molecule has 8 heteroatoms. The molecule has 1 amide bonds. The molecule has 2 aromatic rings. The highest BCUT2D eigenvalue weighted by molar-refractivity contribution is 6.02. The van der Waals surface area contributed by atoms with Gasteiger partial charge in [-0.2, -0.15) is 0 Å². The highest BCUT2D eigenvalue weighted by Crippen LogP contribution is 2.16. The van der Waals surface area contributed by atoms with E-state index >= 15 is 0 Å². The molecule has 130 valence electrons. The number of ether oxygens (including phenoxy) is 1. The van der Waals surface area contributed by atoms with Crippen LogP contribution in [0.15, 0.2) is 52.8 Å². The molecule has 0 spiro atoms. The molecular formula is C17H16N2O6. The maximum absolute atomic E-state index is 12.2. The first-order valence-electron chi connectivity index (χ1n) is 7.39. The highest BCUT2D eigenvalue weighted by Gasteiger charge is 2.19. The second-order valence-corrected chi connectivity index (χ2v) is 5.30. The standard InChI is InChI=1S/C17H16N2O6/c1-11(2)25-17(21)14(18-16(20)15-7-4-8-24-15)10-12-5-3-6-13(9-12)19(22)23/h3-11H,1-2H3,(H,18,20). The van der Waals surface area contributed by atoms with Gasteiger partial charge in [0.1, 0.15) is 5.70 Å². The molecule has 0 bridgehead atoms. The van der Waals surface area contributed by atoms with E-state index in [0.717, 1.165) is 0 Å². The van der Waals surface area contributed by atoms with Crippen molar-refractivity contribution < 1.29 is 23.7 Å². The van der Waals surface area contributed by atoms with E-state index in [4.69, 9.17) is 9.15 Å². The van der Waals surface area contributed by atoms with Crippen molar-refractivity contribution in [3.05, 3.63) is 69.8 Å². The zero-order valence-electron chi connectivity index (χ0n) is 13.6. The van der Waals surface area contributed by atoms with Crippen molar-refractivity contribution in [2.45, 2.75) is 20.0 Å². The van der Waals surface area contributed by atoms with Gasteiger partial charge in [0.15, 0.2) is 5.76 Å². The number of non-ortho nitro benzene ring substituents is 1. The summed E-state index contributed by atoms with van der Waals surface area (Å²) >= 11 is 0. The second-order valence-electron chi connectivity index (χ2n) is 5.30. The van der Waals surface area contributed by atoms with Crippen LogP contribution in [0.5, 0.6) is 0 Å². The van der Waals surface area contributed by atoms with Crippen LogP contribution in [-0.2, 0) is 9.53 Å². The fourth-order valence-electron chi connectivity index (χ4n) is 1.91. The lowest BCUT2D eigenvalue weighted by molar-refractivity contribution is -0.384. The monoisotopic (exact) mass is 344 g/mol. The smallest absolute Gasteiger partial charge is 0.355 e. The summed E-state index contributed by atoms with van der Waals surface area (Å²) in [5.41, 5.74) is 0.0722. The summed E-state index contributed by atoms with van der Waals surface area (Å²) in [6.07, 6.45) is 2.23. The first kappa shape index (κ1) is 17.9. The second kappa shape index (κ2) is 7.91. The summed E-state index contributed by atoms with van der Waals surface area (Å²) < 4.78 is 10.1. The van der Waals surface area contributed by atoms with Crippen LogP contribution >= 0.6 is 0 Å². The Kier molecular flexibility index (Phi) is 5.67. The highest BCUT2D eigenvalue weighted by atomic mass is 16.6. The Balaban J connectivity index is 2.33. The summed E-state index contributed by atoms with van der Waals surface area (Å²) in [5, 5.41) is 13.3. The molecule has 1 N–H and O–H groups in total. The number of nitrogens with one attached hydrogen (secondary N) is 1. The van der Waals surface area contributed by atoms with E-state index in [1.807, 2.05) is 0 Å². The molecule has 1 aromatic carbocycles. The van der Waals surface area contributed by atoms with Gasteiger partial charge in [-0.3, -0.25) is 14.9 Å². The number of carbonyl (C=O) groups excluding carboxylic acids is 2. The Hall–Kier alpha value is -3.42. The fourth-order valence-corrected chi connectivity index (χ4v) is 1.91. The minimum absolute atomic E-state index is 0.0160. The molecule has 0 aliphatic heterocycles. The van der Waals surface area contributed by atoms with Gasteiger partial charge < -0.3 is 14.5 Å². The predicted octanol–water partition coefficient (Wildman–Crippen LogP) is 2.91. The maximum atomic E-state index is 12.2. The third-order valence-electron chi connectivity index (χ3n) is 2.95. The van der Waals surface area contributed by atoms with Gasteiger partial charge in [-0.15, -0.1) is 0 Å². The summed E-state index contributed by atoms with van der Waals surface area (Å²) in [4.78, 5) is 34.6. The van der Waals surface area contributed by atoms with Gasteiger partial charge in [0.25, 0.3) is 11.6 Å². The number of amides is 1. The van der Waals surface area contributed by atoms with Crippen molar-refractivity contribution in [3.8, 4) is 0 Å². The number of nitrogens with zero attached hydrogens (tertiary/aromatic N) is 1. The van der Waals surface area contributed by atoms with Gasteiger partial charge in [0.2, 0.25) is 0 Å². The Morgan fingerprint density at radius 1 is 1.28 bits per heavy atom. The Morgan fingerprint density at radius 2 is 2.04 bits per heavy atom. The summed E-state index contributed by atoms with van der Waals surface area (Å²) in [5.74, 6) is -1.38. The average molecular weight is 344 g/mol. The van der Waals surface area contributed by atoms with Gasteiger partial charge in [-0.05, 0) is 37.6 Å². The molecular weight excluding hydrogens is 328 g/mol. The number of esters is 1. The van der Waals surface area contributed by atoms with E-state index < -0.39 is 22.9 Å². The van der Waals surface area contributed by atoms with Crippen LogP contribution in [0.2, 0.25) is 0 Å². The quantitative estimate of drug-likeness (QED) is 0.373. The van der Waals surface area contributed by atoms with Crippen LogP contribution in [0.4, 0.5) is 5.69 Å². The normalized spacial score (nSPS) is 11.2. The zero-order chi connectivity index (χ0) is 18.4. The van der Waals surface area contributed by atoms with E-state index in [0.29, 0.717) is 5.56 Å². The van der Waals surface area contributed by atoms with Crippen molar-refractivity contribution in [1.82, 2.24) is 5.32 Å². The number of hydrogen-bond acceptors (Lipinski definition) is 6. The lowest BCUT2D eigenvalue weighted by atomic mass is 10.1. The van der Waals surface area contributed by atoms with Gasteiger partial charge in [0.05, 0.1) is 17.3 Å². The molecule has 1 heterocycles. The van der Waals surface area contributed by atoms with Crippen LogP contribution in [0.1, 0.15) is 30.0 Å². The molecule has 0 fully saturated rings. The molecule has 0 aliphatic carbocycles. The van der Waals surface area contributed by atoms with Crippen molar-refractivity contribution in [2.24, 2.45) is 0 Å². The fraction of sp³-hybridized carbons (Fsp3) is 0.176. The maximum Gasteiger partial charge on any atom is 0.355 e. The number of nitro groups is 1. The number of carbonyl (C=O) groups is 2. The van der Waals surface area contributed by atoms with Crippen molar-refractivity contribution in [2.75, 3.05) is 0 Å². The Bertz CT molecular complexity index is 808. The third-order valence-corrected chi connectivity index (χ3v) is 2.95. The number of benzene rings is 1. The van der Waals surface area contributed by atoms with Crippen LogP contribution in [0.3, 0.4) is 0 Å². The molecule has 0 radical (unpaired) electrons. The van der Waals surface area contributed by atoms with Crippen LogP contribution in [0, 0.1) is 10.1 Å². The molecule has 0 atom stereocenters. The van der Waals surface area contributed by atoms with Crippen molar-refractivity contribution >= 4 is 23.6 Å². The first-order chi connectivity index (χ1) is 11.9. The molecule has 2 rings (SSSR count). The van der Waals surface area contributed by atoms with E-state index in [-0.39, 0.29) is 17.1 Å². The minimum atomic E-state index is -0.763. The van der Waals surface area contributed by atoms with E-state index in [9.17, 15) is 19.7 Å². The SMILES string of the molecule is CC(C)OC(=O)C(=Cc1cccc([N+](=O)[O-])c1)NC(=O)c1ccco1. The van der Waals surface area contributed by atoms with Gasteiger partial charge >= 0.3 is 5.97 Å². The summed E-state index contributed by atoms with van der Waals surface area (Å²) in [6, 6.07) is 8.62. The summed E-state index contributed by atoms with van der Waals surface area (Å²) in [7, 11) is 0. The van der Waals surface area contributed by atoms with E-state index in [1.165, 1.54) is 42.7 Å². The lowest BCUT2D eigenvalue weighted by Crippen LogP contribution is -2.29. The van der Waals surface area contributed by atoms with Gasteiger partial charge in [-0.1, -0.05) is 12.1 Å². The number of rotatable bonds is 6. The topological polar surface area (TPSA) is 112 Å². The number of furan rings is 1. The van der Waals surface area contributed by atoms with E-state index in [2.05, 4.69) is 5.32 Å². The molecule has 0 saturated carbocycles. The summed E-state index contributed by atoms with van der Waals surface area (Å²) in [6.45, 7) is 3.33. The first-order valence-corrected chi connectivity index (χ1v) is 7.39. The predicted molar refractivity (Wildman–Crippen MR) is 88.5 cm³/mol. The average Bonchev–Trinajstić information content (AvgIpc) is 3.08. The molecule has 1 aromatic heterocycles. The molecule has 8 nitrogen and oxygen atoms in total. The van der Waals surface area contributed by atoms with E-state index in [1.54, 1.807) is 19.9 Å². The van der Waals surface area contributed by atoms with Crippen LogP contribution in [-0.4, -0.2) is 22.9 Å². The molecule has 0 aliphatic rings. The molecule has 25 heavy (non-hydrogen) atoms. The Labute approximate surface area is 143 Å². The van der Waals surface area contributed by atoms with Gasteiger partial charge in [0, 0.05) is 12.1 Å². The molecule has 0 unspecified atom stereocenters. The Morgan fingerprint density at radius 3 is 2.64 bits per heavy atom. The van der Waals surface area contributed by atoms with Crippen LogP contribution in [0.25, 0.3) is 6.08 Å². The minimum Gasteiger partial charge on any atom is -0.459 e.